The van der Waals surface area contributed by atoms with Crippen molar-refractivity contribution in [3.63, 3.8) is 0 Å². The lowest BCUT2D eigenvalue weighted by Gasteiger charge is -2.08. The van der Waals surface area contributed by atoms with Gasteiger partial charge in [-0.3, -0.25) is 0 Å². The number of hydrogen-bond donors (Lipinski definition) is 1. The molecule has 2 rings (SSSR count). The number of nitrogens with zero attached hydrogens (tertiary/aromatic N) is 2. The fourth-order valence-electron chi connectivity index (χ4n) is 2.07. The van der Waals surface area contributed by atoms with Crippen LogP contribution >= 0.6 is 15.9 Å². The van der Waals surface area contributed by atoms with Gasteiger partial charge in [0.05, 0.1) is 11.8 Å². The van der Waals surface area contributed by atoms with Crippen LogP contribution in [0.25, 0.3) is 11.3 Å². The maximum Gasteiger partial charge on any atom is 0.124 e. The third kappa shape index (κ3) is 2.87. The number of imidazole rings is 1. The molecule has 0 saturated carbocycles. The monoisotopic (exact) mass is 317 g/mol. The molecule has 1 atom stereocenters. The minimum Gasteiger partial charge on any atom is -0.344 e. The van der Waals surface area contributed by atoms with Gasteiger partial charge < -0.3 is 4.98 Å². The summed E-state index contributed by atoms with van der Waals surface area (Å²) >= 11 is 3.47. The van der Waals surface area contributed by atoms with E-state index in [-0.39, 0.29) is 11.8 Å². The fraction of sp³-hybridized carbons (Fsp3) is 0.333. The average molecular weight is 318 g/mol. The molecular formula is C15H16BrN3. The third-order valence-electron chi connectivity index (χ3n) is 3.10. The highest BCUT2D eigenvalue weighted by atomic mass is 79.9. The third-order valence-corrected chi connectivity index (χ3v) is 3.59. The zero-order valence-electron chi connectivity index (χ0n) is 11.2. The van der Waals surface area contributed by atoms with Gasteiger partial charge in [0.2, 0.25) is 0 Å². The second kappa shape index (κ2) is 5.58. The Morgan fingerprint density at radius 2 is 2.11 bits per heavy atom. The molecule has 1 aromatic heterocycles. The summed E-state index contributed by atoms with van der Waals surface area (Å²) in [5, 5.41) is 9.25. The molecule has 0 bridgehead atoms. The smallest absolute Gasteiger partial charge is 0.124 e. The summed E-state index contributed by atoms with van der Waals surface area (Å²) in [5.74, 6) is 0.801. The van der Waals surface area contributed by atoms with Crippen molar-refractivity contribution >= 4 is 15.9 Å². The van der Waals surface area contributed by atoms with Crippen LogP contribution in [0.3, 0.4) is 0 Å². The largest absolute Gasteiger partial charge is 0.344 e. The Hall–Kier alpha value is -1.60. The van der Waals surface area contributed by atoms with Crippen LogP contribution in [0.15, 0.2) is 28.7 Å². The molecule has 0 radical (unpaired) electrons. The van der Waals surface area contributed by atoms with E-state index in [1.165, 1.54) is 0 Å². The summed E-state index contributed by atoms with van der Waals surface area (Å²) < 4.78 is 1.02. The van der Waals surface area contributed by atoms with Crippen molar-refractivity contribution in [2.45, 2.75) is 26.7 Å². The zero-order chi connectivity index (χ0) is 14.0. The molecule has 1 N–H and O–H groups in total. The van der Waals surface area contributed by atoms with E-state index in [0.29, 0.717) is 0 Å². The molecule has 0 aliphatic carbocycles. The lowest BCUT2D eigenvalue weighted by molar-refractivity contribution is 0.565. The van der Waals surface area contributed by atoms with Crippen molar-refractivity contribution < 1.29 is 0 Å². The Bertz CT molecular complexity index is 623. The molecule has 0 spiro atoms. The molecule has 19 heavy (non-hydrogen) atoms. The summed E-state index contributed by atoms with van der Waals surface area (Å²) in [5.41, 5.74) is 2.96. The molecule has 4 heteroatoms. The number of rotatable bonds is 3. The summed E-state index contributed by atoms with van der Waals surface area (Å²) in [6.07, 6.45) is 0. The van der Waals surface area contributed by atoms with Crippen LogP contribution in [-0.2, 0) is 0 Å². The topological polar surface area (TPSA) is 52.5 Å². The number of nitriles is 1. The van der Waals surface area contributed by atoms with Crippen molar-refractivity contribution in [3.8, 4) is 17.3 Å². The van der Waals surface area contributed by atoms with Crippen LogP contribution in [0, 0.1) is 24.2 Å². The van der Waals surface area contributed by atoms with E-state index in [2.05, 4.69) is 32.0 Å². The number of aromatic nitrogens is 2. The lowest BCUT2D eigenvalue weighted by Crippen LogP contribution is -2.06. The first-order valence-electron chi connectivity index (χ1n) is 6.25. The van der Waals surface area contributed by atoms with Gasteiger partial charge in [-0.25, -0.2) is 4.98 Å². The number of hydrogen-bond acceptors (Lipinski definition) is 2. The minimum atomic E-state index is -0.195. The van der Waals surface area contributed by atoms with Crippen LogP contribution in [0.5, 0.6) is 0 Å². The first kappa shape index (κ1) is 13.8. The average Bonchev–Trinajstić information content (AvgIpc) is 2.71. The predicted octanol–water partition coefficient (Wildman–Crippen LogP) is 4.41. The predicted molar refractivity (Wildman–Crippen MR) is 79.7 cm³/mol. The Morgan fingerprint density at radius 1 is 1.37 bits per heavy atom. The van der Waals surface area contributed by atoms with E-state index in [1.807, 2.05) is 45.0 Å². The normalized spacial score (nSPS) is 12.4. The molecule has 0 amide bonds. The molecule has 98 valence electrons. The van der Waals surface area contributed by atoms with E-state index < -0.39 is 0 Å². The van der Waals surface area contributed by atoms with Crippen LogP contribution in [0.4, 0.5) is 0 Å². The number of halogens is 1. The minimum absolute atomic E-state index is 0.195. The number of nitrogens with one attached hydrogen (secondary N) is 1. The van der Waals surface area contributed by atoms with Crippen LogP contribution < -0.4 is 0 Å². The molecule has 0 aliphatic heterocycles. The maximum atomic E-state index is 9.25. The maximum absolute atomic E-state index is 9.25. The van der Waals surface area contributed by atoms with Gasteiger partial charge in [0.15, 0.2) is 0 Å². The SMILES string of the molecule is Cc1[nH]c(C(C#N)C(C)C)nc1-c1cccc(Br)c1. The molecule has 1 aromatic carbocycles. The van der Waals surface area contributed by atoms with Gasteiger partial charge in [0.25, 0.3) is 0 Å². The summed E-state index contributed by atoms with van der Waals surface area (Å²) in [6, 6.07) is 10.3. The van der Waals surface area contributed by atoms with Gasteiger partial charge in [-0.05, 0) is 25.0 Å². The highest BCUT2D eigenvalue weighted by Gasteiger charge is 2.20. The van der Waals surface area contributed by atoms with Gasteiger partial charge >= 0.3 is 0 Å². The van der Waals surface area contributed by atoms with Crippen LogP contribution in [-0.4, -0.2) is 9.97 Å². The molecule has 0 fully saturated rings. The number of aromatic amines is 1. The highest BCUT2D eigenvalue weighted by Crippen LogP contribution is 2.28. The highest BCUT2D eigenvalue weighted by molar-refractivity contribution is 9.10. The van der Waals surface area contributed by atoms with Gasteiger partial charge in [-0.1, -0.05) is 41.9 Å². The van der Waals surface area contributed by atoms with Crippen molar-refractivity contribution in [1.29, 1.82) is 5.26 Å². The Morgan fingerprint density at radius 3 is 2.68 bits per heavy atom. The van der Waals surface area contributed by atoms with Crippen molar-refractivity contribution in [2.24, 2.45) is 5.92 Å². The fourth-order valence-corrected chi connectivity index (χ4v) is 2.47. The summed E-state index contributed by atoms with van der Waals surface area (Å²) in [7, 11) is 0. The van der Waals surface area contributed by atoms with Crippen LogP contribution in [0.2, 0.25) is 0 Å². The van der Waals surface area contributed by atoms with Crippen molar-refractivity contribution in [1.82, 2.24) is 9.97 Å². The quantitative estimate of drug-likeness (QED) is 0.911. The van der Waals surface area contributed by atoms with E-state index in [9.17, 15) is 5.26 Å². The Labute approximate surface area is 121 Å². The number of aryl methyl sites for hydroxylation is 1. The van der Waals surface area contributed by atoms with Gasteiger partial charge in [0, 0.05) is 15.7 Å². The second-order valence-corrected chi connectivity index (χ2v) is 5.87. The standard InChI is InChI=1S/C15H16BrN3/c1-9(2)13(8-17)15-18-10(3)14(19-15)11-5-4-6-12(16)7-11/h4-7,9,13H,1-3H3,(H,18,19). The Kier molecular flexibility index (Phi) is 4.06. The molecular weight excluding hydrogens is 302 g/mol. The summed E-state index contributed by atoms with van der Waals surface area (Å²) in [4.78, 5) is 7.86. The van der Waals surface area contributed by atoms with E-state index in [0.717, 1.165) is 27.2 Å². The molecule has 1 unspecified atom stereocenters. The van der Waals surface area contributed by atoms with E-state index in [4.69, 9.17) is 0 Å². The molecule has 0 aliphatic rings. The van der Waals surface area contributed by atoms with Crippen molar-refractivity contribution in [2.75, 3.05) is 0 Å². The van der Waals surface area contributed by atoms with E-state index in [1.54, 1.807) is 0 Å². The molecule has 3 nitrogen and oxygen atoms in total. The molecule has 2 aromatic rings. The van der Waals surface area contributed by atoms with Crippen molar-refractivity contribution in [3.05, 3.63) is 40.3 Å². The van der Waals surface area contributed by atoms with Crippen LogP contribution in [0.1, 0.15) is 31.3 Å². The van der Waals surface area contributed by atoms with Gasteiger partial charge in [-0.15, -0.1) is 0 Å². The number of H-pyrrole nitrogens is 1. The Balaban J connectivity index is 2.45. The van der Waals surface area contributed by atoms with Gasteiger partial charge in [-0.2, -0.15) is 5.26 Å². The number of benzene rings is 1. The first-order valence-corrected chi connectivity index (χ1v) is 7.04. The van der Waals surface area contributed by atoms with E-state index >= 15 is 0 Å². The zero-order valence-corrected chi connectivity index (χ0v) is 12.8. The second-order valence-electron chi connectivity index (χ2n) is 4.96. The summed E-state index contributed by atoms with van der Waals surface area (Å²) in [6.45, 7) is 6.05. The molecule has 1 heterocycles. The lowest BCUT2D eigenvalue weighted by atomic mass is 9.97. The van der Waals surface area contributed by atoms with Gasteiger partial charge in [0.1, 0.15) is 11.7 Å². The molecule has 0 saturated heterocycles. The first-order chi connectivity index (χ1) is 9.02.